The van der Waals surface area contributed by atoms with Gasteiger partial charge in [-0.15, -0.1) is 0 Å². The minimum atomic E-state index is -0.628. The maximum absolute atomic E-state index is 12.7. The zero-order valence-electron chi connectivity index (χ0n) is 15.1. The second-order valence-corrected chi connectivity index (χ2v) is 6.08. The van der Waals surface area contributed by atoms with E-state index in [9.17, 15) is 9.59 Å². The topological polar surface area (TPSA) is 69.6 Å². The Kier molecular flexibility index (Phi) is 7.83. The van der Waals surface area contributed by atoms with Crippen molar-refractivity contribution in [3.63, 3.8) is 0 Å². The van der Waals surface area contributed by atoms with Crippen molar-refractivity contribution < 1.29 is 14.7 Å². The molecule has 2 N–H and O–H groups in total. The first kappa shape index (κ1) is 19.7. The van der Waals surface area contributed by atoms with E-state index in [-0.39, 0.29) is 25.0 Å². The summed E-state index contributed by atoms with van der Waals surface area (Å²) >= 11 is 0. The fourth-order valence-electron chi connectivity index (χ4n) is 2.83. The molecule has 0 heterocycles. The summed E-state index contributed by atoms with van der Waals surface area (Å²) in [4.78, 5) is 27.0. The van der Waals surface area contributed by atoms with Crippen LogP contribution in [0, 0.1) is 0 Å². The lowest BCUT2D eigenvalue weighted by Crippen LogP contribution is -2.50. The van der Waals surface area contributed by atoms with Gasteiger partial charge in [0.1, 0.15) is 6.04 Å². The summed E-state index contributed by atoms with van der Waals surface area (Å²) in [5.41, 5.74) is 1.96. The smallest absolute Gasteiger partial charge is 0.243 e. The molecule has 1 atom stereocenters. The number of benzene rings is 2. The molecule has 0 unspecified atom stereocenters. The van der Waals surface area contributed by atoms with E-state index in [0.717, 1.165) is 11.1 Å². The monoisotopic (exact) mass is 354 g/mol. The lowest BCUT2D eigenvalue weighted by molar-refractivity contribution is -0.141. The number of carbonyl (C=O) groups is 2. The highest BCUT2D eigenvalue weighted by molar-refractivity contribution is 5.87. The van der Waals surface area contributed by atoms with Gasteiger partial charge in [-0.3, -0.25) is 9.59 Å². The lowest BCUT2D eigenvalue weighted by atomic mass is 10.0. The van der Waals surface area contributed by atoms with Crippen molar-refractivity contribution >= 4 is 11.8 Å². The minimum Gasteiger partial charge on any atom is -0.395 e. The summed E-state index contributed by atoms with van der Waals surface area (Å²) in [5, 5.41) is 11.7. The average molecular weight is 354 g/mol. The zero-order valence-corrected chi connectivity index (χ0v) is 15.1. The SMILES string of the molecule is CCC(=O)N(Cc1ccccc1)[C@H](Cc1ccccc1)C(=O)NCCO. The largest absolute Gasteiger partial charge is 0.395 e. The van der Waals surface area contributed by atoms with E-state index in [2.05, 4.69) is 5.32 Å². The van der Waals surface area contributed by atoms with Crippen molar-refractivity contribution in [2.75, 3.05) is 13.2 Å². The standard InChI is InChI=1S/C21H26N2O3/c1-2-20(25)23(16-18-11-7-4-8-12-18)19(21(26)22-13-14-24)15-17-9-5-3-6-10-17/h3-12,19,24H,2,13-16H2,1H3,(H,22,26)/t19-/m1/s1. The molecule has 0 aliphatic heterocycles. The Morgan fingerprint density at radius 2 is 1.58 bits per heavy atom. The van der Waals surface area contributed by atoms with Gasteiger partial charge in [0.2, 0.25) is 11.8 Å². The maximum atomic E-state index is 12.7. The second-order valence-electron chi connectivity index (χ2n) is 6.08. The zero-order chi connectivity index (χ0) is 18.8. The molecule has 0 spiro atoms. The first-order valence-electron chi connectivity index (χ1n) is 8.91. The van der Waals surface area contributed by atoms with Crippen LogP contribution in [-0.4, -0.2) is 41.0 Å². The molecule has 26 heavy (non-hydrogen) atoms. The van der Waals surface area contributed by atoms with Crippen molar-refractivity contribution in [1.29, 1.82) is 0 Å². The van der Waals surface area contributed by atoms with Crippen LogP contribution >= 0.6 is 0 Å². The number of aliphatic hydroxyl groups is 1. The first-order valence-corrected chi connectivity index (χ1v) is 8.91. The molecule has 2 amide bonds. The number of nitrogens with one attached hydrogen (secondary N) is 1. The van der Waals surface area contributed by atoms with Crippen LogP contribution in [-0.2, 0) is 22.6 Å². The van der Waals surface area contributed by atoms with E-state index >= 15 is 0 Å². The van der Waals surface area contributed by atoms with Gasteiger partial charge in [0.05, 0.1) is 6.61 Å². The number of aliphatic hydroxyl groups excluding tert-OH is 1. The third kappa shape index (κ3) is 5.70. The molecular formula is C21H26N2O3. The predicted octanol–water partition coefficient (Wildman–Crippen LogP) is 2.15. The second kappa shape index (κ2) is 10.4. The molecular weight excluding hydrogens is 328 g/mol. The van der Waals surface area contributed by atoms with Gasteiger partial charge in [-0.25, -0.2) is 0 Å². The molecule has 0 saturated heterocycles. The lowest BCUT2D eigenvalue weighted by Gasteiger charge is -2.31. The maximum Gasteiger partial charge on any atom is 0.243 e. The van der Waals surface area contributed by atoms with Crippen LogP contribution in [0.25, 0.3) is 0 Å². The summed E-state index contributed by atoms with van der Waals surface area (Å²) in [7, 11) is 0. The van der Waals surface area contributed by atoms with Gasteiger partial charge in [0.15, 0.2) is 0 Å². The fourth-order valence-corrected chi connectivity index (χ4v) is 2.83. The van der Waals surface area contributed by atoms with Crippen molar-refractivity contribution in [3.05, 3.63) is 71.8 Å². The van der Waals surface area contributed by atoms with Crippen LogP contribution in [0.3, 0.4) is 0 Å². The Morgan fingerprint density at radius 3 is 2.12 bits per heavy atom. The fraction of sp³-hybridized carbons (Fsp3) is 0.333. The van der Waals surface area contributed by atoms with E-state index in [4.69, 9.17) is 5.11 Å². The molecule has 0 saturated carbocycles. The Hall–Kier alpha value is -2.66. The number of hydrogen-bond donors (Lipinski definition) is 2. The molecule has 0 aliphatic rings. The van der Waals surface area contributed by atoms with Crippen LogP contribution in [0.4, 0.5) is 0 Å². The number of rotatable bonds is 9. The number of carbonyl (C=O) groups excluding carboxylic acids is 2. The molecule has 2 aromatic carbocycles. The molecule has 5 heteroatoms. The summed E-state index contributed by atoms with van der Waals surface area (Å²) in [5.74, 6) is -0.324. The van der Waals surface area contributed by atoms with Crippen molar-refractivity contribution in [1.82, 2.24) is 10.2 Å². The summed E-state index contributed by atoms with van der Waals surface area (Å²) in [6, 6.07) is 18.7. The van der Waals surface area contributed by atoms with Gasteiger partial charge in [0.25, 0.3) is 0 Å². The predicted molar refractivity (Wildman–Crippen MR) is 101 cm³/mol. The van der Waals surface area contributed by atoms with Gasteiger partial charge in [0, 0.05) is 25.9 Å². The molecule has 0 radical (unpaired) electrons. The summed E-state index contributed by atoms with van der Waals surface area (Å²) in [6.45, 7) is 2.21. The van der Waals surface area contributed by atoms with E-state index in [1.54, 1.807) is 11.8 Å². The van der Waals surface area contributed by atoms with Gasteiger partial charge >= 0.3 is 0 Å². The molecule has 2 rings (SSSR count). The highest BCUT2D eigenvalue weighted by Gasteiger charge is 2.29. The first-order chi connectivity index (χ1) is 12.7. The van der Waals surface area contributed by atoms with Crippen molar-refractivity contribution in [2.45, 2.75) is 32.4 Å². The molecule has 0 fully saturated rings. The molecule has 0 aliphatic carbocycles. The van der Waals surface area contributed by atoms with E-state index in [0.29, 0.717) is 19.4 Å². The average Bonchev–Trinajstić information content (AvgIpc) is 2.69. The van der Waals surface area contributed by atoms with Crippen LogP contribution in [0.15, 0.2) is 60.7 Å². The Morgan fingerprint density at radius 1 is 1.00 bits per heavy atom. The third-order valence-corrected chi connectivity index (χ3v) is 4.18. The third-order valence-electron chi connectivity index (χ3n) is 4.18. The molecule has 0 aromatic heterocycles. The minimum absolute atomic E-state index is 0.0751. The number of nitrogens with zero attached hydrogens (tertiary/aromatic N) is 1. The quantitative estimate of drug-likeness (QED) is 0.725. The number of amides is 2. The van der Waals surface area contributed by atoms with Gasteiger partial charge < -0.3 is 15.3 Å². The Labute approximate surface area is 154 Å². The molecule has 5 nitrogen and oxygen atoms in total. The number of hydrogen-bond acceptors (Lipinski definition) is 3. The molecule has 138 valence electrons. The highest BCUT2D eigenvalue weighted by atomic mass is 16.3. The van der Waals surface area contributed by atoms with E-state index in [1.807, 2.05) is 60.7 Å². The summed E-state index contributed by atoms with van der Waals surface area (Å²) < 4.78 is 0. The van der Waals surface area contributed by atoms with Crippen LogP contribution in [0.5, 0.6) is 0 Å². The van der Waals surface area contributed by atoms with Crippen LogP contribution in [0.1, 0.15) is 24.5 Å². The molecule has 0 bridgehead atoms. The van der Waals surface area contributed by atoms with Gasteiger partial charge in [-0.2, -0.15) is 0 Å². The Bertz CT molecular complexity index is 689. The van der Waals surface area contributed by atoms with Crippen molar-refractivity contribution in [3.8, 4) is 0 Å². The van der Waals surface area contributed by atoms with Crippen LogP contribution < -0.4 is 5.32 Å². The molecule has 2 aromatic rings. The van der Waals surface area contributed by atoms with Gasteiger partial charge in [-0.1, -0.05) is 67.6 Å². The van der Waals surface area contributed by atoms with E-state index < -0.39 is 6.04 Å². The Balaban J connectivity index is 2.29. The van der Waals surface area contributed by atoms with E-state index in [1.165, 1.54) is 0 Å². The van der Waals surface area contributed by atoms with Gasteiger partial charge in [-0.05, 0) is 11.1 Å². The van der Waals surface area contributed by atoms with Crippen LogP contribution in [0.2, 0.25) is 0 Å². The highest BCUT2D eigenvalue weighted by Crippen LogP contribution is 2.15. The normalized spacial score (nSPS) is 11.6. The summed E-state index contributed by atoms with van der Waals surface area (Å²) in [6.07, 6.45) is 0.752. The van der Waals surface area contributed by atoms with Crippen molar-refractivity contribution in [2.24, 2.45) is 0 Å².